The van der Waals surface area contributed by atoms with E-state index in [4.69, 9.17) is 23.2 Å². The summed E-state index contributed by atoms with van der Waals surface area (Å²) in [5.41, 5.74) is 4.62. The van der Waals surface area contributed by atoms with Crippen molar-refractivity contribution in [3.63, 3.8) is 0 Å². The summed E-state index contributed by atoms with van der Waals surface area (Å²) in [4.78, 5) is 31.6. The minimum atomic E-state index is -0.111. The highest BCUT2D eigenvalue weighted by Crippen LogP contribution is 2.40. The van der Waals surface area contributed by atoms with E-state index in [-0.39, 0.29) is 11.3 Å². The summed E-state index contributed by atoms with van der Waals surface area (Å²) in [6.45, 7) is 15.8. The van der Waals surface area contributed by atoms with E-state index in [0.717, 1.165) is 77.0 Å². The number of halogens is 2. The van der Waals surface area contributed by atoms with Crippen LogP contribution in [0.4, 0.5) is 0 Å². The lowest BCUT2D eigenvalue weighted by Crippen LogP contribution is -2.52. The van der Waals surface area contributed by atoms with Gasteiger partial charge in [0, 0.05) is 64.8 Å². The molecule has 2 aliphatic rings. The third kappa shape index (κ3) is 9.71. The molecule has 1 unspecified atom stereocenters. The highest BCUT2D eigenvalue weighted by molar-refractivity contribution is 6.42. The van der Waals surface area contributed by atoms with Crippen molar-refractivity contribution < 1.29 is 9.59 Å². The smallest absolute Gasteiger partial charge is 0.227 e. The fourth-order valence-corrected chi connectivity index (χ4v) is 6.39. The predicted octanol–water partition coefficient (Wildman–Crippen LogP) is 5.83. The van der Waals surface area contributed by atoms with Gasteiger partial charge >= 0.3 is 0 Å². The highest BCUT2D eigenvalue weighted by atomic mass is 35.5. The van der Waals surface area contributed by atoms with E-state index < -0.39 is 0 Å². The summed E-state index contributed by atoms with van der Waals surface area (Å²) in [6.07, 6.45) is 4.28. The number of piperazine rings is 1. The fraction of sp³-hybridized carbons (Fsp3) is 0.576. The van der Waals surface area contributed by atoms with Crippen molar-refractivity contribution in [1.29, 1.82) is 0 Å². The number of amides is 2. The number of carbonyl (C=O) groups excluding carboxylic acids is 2. The molecule has 0 radical (unpaired) electrons. The van der Waals surface area contributed by atoms with Gasteiger partial charge in [0.1, 0.15) is 0 Å². The largest absolute Gasteiger partial charge is 0.351 e. The lowest BCUT2D eigenvalue weighted by Gasteiger charge is -2.45. The lowest BCUT2D eigenvalue weighted by atomic mass is 9.71. The molecule has 2 saturated heterocycles. The van der Waals surface area contributed by atoms with Crippen molar-refractivity contribution in [2.45, 2.75) is 64.8 Å². The minimum absolute atomic E-state index is 0.111. The van der Waals surface area contributed by atoms with Gasteiger partial charge < -0.3 is 14.7 Å². The zero-order valence-corrected chi connectivity index (χ0v) is 27.3. The first kappa shape index (κ1) is 33.4. The molecule has 2 aromatic rings. The molecule has 2 aromatic carbocycles. The molecule has 0 aliphatic carbocycles. The van der Waals surface area contributed by atoms with Gasteiger partial charge in [0.05, 0.1) is 16.5 Å². The Labute approximate surface area is 257 Å². The predicted molar refractivity (Wildman–Crippen MR) is 171 cm³/mol. The third-order valence-electron chi connectivity index (χ3n) is 8.35. The fourth-order valence-electron chi connectivity index (χ4n) is 6.09. The molecule has 0 saturated carbocycles. The van der Waals surface area contributed by atoms with Gasteiger partial charge in [0.15, 0.2) is 0 Å². The molecule has 6 nitrogen and oxygen atoms in total. The van der Waals surface area contributed by atoms with E-state index >= 15 is 0 Å². The Kier molecular flexibility index (Phi) is 12.5. The first-order valence-corrected chi connectivity index (χ1v) is 15.6. The molecular formula is C33H48Cl2N4O2. The van der Waals surface area contributed by atoms with Gasteiger partial charge in [-0.05, 0) is 76.8 Å². The molecule has 2 heterocycles. The third-order valence-corrected chi connectivity index (χ3v) is 9.09. The van der Waals surface area contributed by atoms with E-state index in [1.54, 1.807) is 14.1 Å². The second kappa shape index (κ2) is 15.4. The van der Waals surface area contributed by atoms with Crippen molar-refractivity contribution in [3.8, 4) is 0 Å². The van der Waals surface area contributed by atoms with Gasteiger partial charge in [-0.15, -0.1) is 0 Å². The molecule has 0 N–H and O–H groups in total. The Balaban J connectivity index is 0.000000850. The Bertz CT molecular complexity index is 1140. The van der Waals surface area contributed by atoms with Crippen molar-refractivity contribution in [3.05, 3.63) is 68.7 Å². The number of nitrogens with zero attached hydrogens (tertiary/aromatic N) is 4. The maximum absolute atomic E-state index is 13.5. The van der Waals surface area contributed by atoms with Gasteiger partial charge in [-0.25, -0.2) is 0 Å². The number of piperidine rings is 1. The van der Waals surface area contributed by atoms with E-state index in [1.165, 1.54) is 21.6 Å². The second-order valence-electron chi connectivity index (χ2n) is 12.3. The Morgan fingerprint density at radius 2 is 1.61 bits per heavy atom. The average Bonchev–Trinajstić information content (AvgIpc) is 2.93. The van der Waals surface area contributed by atoms with Crippen LogP contribution in [0, 0.1) is 13.8 Å². The van der Waals surface area contributed by atoms with Crippen LogP contribution in [0.15, 0.2) is 36.4 Å². The first-order valence-electron chi connectivity index (χ1n) is 14.8. The van der Waals surface area contributed by atoms with Crippen LogP contribution in [0.5, 0.6) is 0 Å². The summed E-state index contributed by atoms with van der Waals surface area (Å²) in [6, 6.07) is 13.1. The molecule has 8 heteroatoms. The summed E-state index contributed by atoms with van der Waals surface area (Å²) in [7, 11) is 3.38. The number of carbonyl (C=O) groups is 2. The van der Waals surface area contributed by atoms with Crippen LogP contribution in [-0.2, 0) is 21.4 Å². The summed E-state index contributed by atoms with van der Waals surface area (Å²) >= 11 is 12.8. The van der Waals surface area contributed by atoms with Crippen molar-refractivity contribution in [1.82, 2.24) is 19.6 Å². The van der Waals surface area contributed by atoms with Crippen molar-refractivity contribution >= 4 is 35.5 Å². The van der Waals surface area contributed by atoms with E-state index in [1.807, 2.05) is 12.1 Å². The van der Waals surface area contributed by atoms with Crippen LogP contribution < -0.4 is 0 Å². The maximum Gasteiger partial charge on any atom is 0.227 e. The maximum atomic E-state index is 13.5. The summed E-state index contributed by atoms with van der Waals surface area (Å²) < 4.78 is 0. The molecule has 2 fully saturated rings. The molecular weight excluding hydrogens is 555 g/mol. The molecule has 1 atom stereocenters. The molecule has 2 aliphatic heterocycles. The number of likely N-dealkylation sites (tertiary alicyclic amines) is 1. The van der Waals surface area contributed by atoms with Gasteiger partial charge in [-0.1, -0.05) is 58.6 Å². The average molecular weight is 604 g/mol. The second-order valence-corrected chi connectivity index (χ2v) is 13.1. The monoisotopic (exact) mass is 602 g/mol. The van der Waals surface area contributed by atoms with E-state index in [2.05, 4.69) is 66.7 Å². The Hall–Kier alpha value is -2.12. The minimum Gasteiger partial charge on any atom is -0.351 e. The molecule has 0 spiro atoms. The van der Waals surface area contributed by atoms with Gasteiger partial charge in [0.2, 0.25) is 12.3 Å². The summed E-state index contributed by atoms with van der Waals surface area (Å²) in [5, 5.41) is 1.18. The van der Waals surface area contributed by atoms with Crippen molar-refractivity contribution in [2.75, 3.05) is 59.9 Å². The molecule has 0 bridgehead atoms. The molecule has 41 heavy (non-hydrogen) atoms. The van der Waals surface area contributed by atoms with Crippen LogP contribution in [0.25, 0.3) is 0 Å². The number of hydrogen-bond donors (Lipinski definition) is 0. The number of hydrogen-bond acceptors (Lipinski definition) is 4. The molecule has 2 amide bonds. The van der Waals surface area contributed by atoms with Crippen LogP contribution in [0.1, 0.15) is 55.4 Å². The van der Waals surface area contributed by atoms with Gasteiger partial charge in [-0.2, -0.15) is 0 Å². The van der Waals surface area contributed by atoms with Crippen LogP contribution >= 0.6 is 23.2 Å². The number of rotatable bonds is 8. The normalized spacial score (nSPS) is 20.0. The van der Waals surface area contributed by atoms with Crippen LogP contribution in [-0.4, -0.2) is 97.9 Å². The topological polar surface area (TPSA) is 47.1 Å². The van der Waals surface area contributed by atoms with Gasteiger partial charge in [-0.3, -0.25) is 14.5 Å². The van der Waals surface area contributed by atoms with Gasteiger partial charge in [0.25, 0.3) is 0 Å². The van der Waals surface area contributed by atoms with E-state index in [9.17, 15) is 9.59 Å². The van der Waals surface area contributed by atoms with Crippen LogP contribution in [0.2, 0.25) is 10.0 Å². The van der Waals surface area contributed by atoms with Crippen molar-refractivity contribution in [2.24, 2.45) is 0 Å². The zero-order chi connectivity index (χ0) is 30.2. The highest BCUT2D eigenvalue weighted by Gasteiger charge is 2.39. The molecule has 0 aromatic heterocycles. The number of aryl methyl sites for hydroxylation is 2. The quantitative estimate of drug-likeness (QED) is 0.356. The summed E-state index contributed by atoms with van der Waals surface area (Å²) in [5.74, 6) is 0.217. The molecule has 4 rings (SSSR count). The standard InChI is InChI=1S/C30H41Cl2N3O.C3H7NO/c1-22(2)34-14-12-33(13-15-34)11-9-30(26-6-7-27(31)28(32)20-26)8-5-10-35(21-30)29(36)19-25-17-23(3)16-24(4)18-25;1-4(2)3-5/h6-7,16-18,20,22H,5,8-15,19,21H2,1-4H3;3H,1-2H3. The van der Waals surface area contributed by atoms with E-state index in [0.29, 0.717) is 22.5 Å². The lowest BCUT2D eigenvalue weighted by molar-refractivity contribution is -0.132. The number of benzene rings is 2. The Morgan fingerprint density at radius 1 is 0.976 bits per heavy atom. The Morgan fingerprint density at radius 3 is 2.17 bits per heavy atom. The SMILES string of the molecule is CN(C)C=O.Cc1cc(C)cc(CC(=O)N2CCCC(CCN3CCN(C(C)C)CC3)(c3ccc(Cl)c(Cl)c3)C2)c1. The molecule has 226 valence electrons. The zero-order valence-electron chi connectivity index (χ0n) is 25.8. The first-order chi connectivity index (χ1) is 19.4. The van der Waals surface area contributed by atoms with Crippen LogP contribution in [0.3, 0.4) is 0 Å².